The molecule has 0 unspecified atom stereocenters. The Morgan fingerprint density at radius 3 is 2.93 bits per heavy atom. The van der Waals surface area contributed by atoms with Crippen molar-refractivity contribution in [3.8, 4) is 0 Å². The molecule has 2 aromatic rings. The Balaban J connectivity index is 2.38. The van der Waals surface area contributed by atoms with Crippen molar-refractivity contribution in [3.63, 3.8) is 0 Å². The van der Waals surface area contributed by atoms with Gasteiger partial charge in [0.1, 0.15) is 5.82 Å². The van der Waals surface area contributed by atoms with Gasteiger partial charge in [-0.2, -0.15) is 0 Å². The summed E-state index contributed by atoms with van der Waals surface area (Å²) in [5.74, 6) is 0.870. The van der Waals surface area contributed by atoms with Crippen molar-refractivity contribution in [3.05, 3.63) is 29.7 Å². The van der Waals surface area contributed by atoms with Crippen molar-refractivity contribution >= 4 is 5.65 Å². The zero-order chi connectivity index (χ0) is 10.7. The first-order valence-corrected chi connectivity index (χ1v) is 4.98. The SMILES string of the molecule is NCc1ccc2nnc(CCCO)n2c1. The van der Waals surface area contributed by atoms with Gasteiger partial charge in [-0.05, 0) is 18.1 Å². The van der Waals surface area contributed by atoms with Gasteiger partial charge in [0.2, 0.25) is 0 Å². The molecule has 0 saturated carbocycles. The van der Waals surface area contributed by atoms with E-state index in [-0.39, 0.29) is 6.61 Å². The highest BCUT2D eigenvalue weighted by atomic mass is 16.2. The van der Waals surface area contributed by atoms with Crippen LogP contribution in [0.25, 0.3) is 5.65 Å². The standard InChI is InChI=1S/C10H14N4O/c11-6-8-3-4-10-13-12-9(2-1-5-15)14(10)7-8/h3-4,7,15H,1-2,5-6,11H2. The number of pyridine rings is 1. The van der Waals surface area contributed by atoms with E-state index < -0.39 is 0 Å². The number of nitrogens with two attached hydrogens (primary N) is 1. The van der Waals surface area contributed by atoms with E-state index in [4.69, 9.17) is 10.8 Å². The van der Waals surface area contributed by atoms with Crippen LogP contribution in [0.1, 0.15) is 17.8 Å². The van der Waals surface area contributed by atoms with Crippen molar-refractivity contribution in [2.24, 2.45) is 5.73 Å². The molecule has 2 rings (SSSR count). The summed E-state index contributed by atoms with van der Waals surface area (Å²) in [5, 5.41) is 16.9. The van der Waals surface area contributed by atoms with Crippen molar-refractivity contribution in [1.29, 1.82) is 0 Å². The Morgan fingerprint density at radius 1 is 1.33 bits per heavy atom. The molecular weight excluding hydrogens is 192 g/mol. The summed E-state index contributed by atoms with van der Waals surface area (Å²) in [7, 11) is 0. The van der Waals surface area contributed by atoms with E-state index in [1.165, 1.54) is 0 Å². The van der Waals surface area contributed by atoms with Crippen molar-refractivity contribution < 1.29 is 5.11 Å². The molecule has 5 nitrogen and oxygen atoms in total. The topological polar surface area (TPSA) is 76.4 Å². The molecular formula is C10H14N4O. The zero-order valence-corrected chi connectivity index (χ0v) is 8.43. The van der Waals surface area contributed by atoms with E-state index >= 15 is 0 Å². The summed E-state index contributed by atoms with van der Waals surface area (Å²) in [6.45, 7) is 0.680. The predicted molar refractivity (Wildman–Crippen MR) is 56.3 cm³/mol. The lowest BCUT2D eigenvalue weighted by atomic mass is 10.2. The molecule has 2 aromatic heterocycles. The molecule has 5 heteroatoms. The Labute approximate surface area is 87.6 Å². The third-order valence-electron chi connectivity index (χ3n) is 2.33. The van der Waals surface area contributed by atoms with Gasteiger partial charge in [0.05, 0.1) is 0 Å². The maximum absolute atomic E-state index is 8.76. The van der Waals surface area contributed by atoms with Crippen LogP contribution in [0.2, 0.25) is 0 Å². The normalized spacial score (nSPS) is 11.1. The minimum atomic E-state index is 0.172. The molecule has 2 heterocycles. The highest BCUT2D eigenvalue weighted by Crippen LogP contribution is 2.08. The van der Waals surface area contributed by atoms with Crippen LogP contribution in [-0.2, 0) is 13.0 Å². The molecule has 0 bridgehead atoms. The van der Waals surface area contributed by atoms with E-state index in [9.17, 15) is 0 Å². The molecule has 0 saturated heterocycles. The summed E-state index contributed by atoms with van der Waals surface area (Å²) in [6, 6.07) is 3.84. The Bertz CT molecular complexity index is 452. The van der Waals surface area contributed by atoms with Crippen LogP contribution in [0, 0.1) is 0 Å². The van der Waals surface area contributed by atoms with Gasteiger partial charge in [0, 0.05) is 25.8 Å². The lowest BCUT2D eigenvalue weighted by Crippen LogP contribution is -2.01. The smallest absolute Gasteiger partial charge is 0.160 e. The summed E-state index contributed by atoms with van der Waals surface area (Å²) in [5.41, 5.74) is 7.43. The summed E-state index contributed by atoms with van der Waals surface area (Å²) >= 11 is 0. The van der Waals surface area contributed by atoms with E-state index in [2.05, 4.69) is 10.2 Å². The zero-order valence-electron chi connectivity index (χ0n) is 8.43. The van der Waals surface area contributed by atoms with E-state index in [0.29, 0.717) is 13.0 Å². The summed E-state index contributed by atoms with van der Waals surface area (Å²) in [4.78, 5) is 0. The van der Waals surface area contributed by atoms with Crippen molar-refractivity contribution in [2.75, 3.05) is 6.61 Å². The molecule has 0 radical (unpaired) electrons. The van der Waals surface area contributed by atoms with Gasteiger partial charge < -0.3 is 10.8 Å². The quantitative estimate of drug-likeness (QED) is 0.744. The van der Waals surface area contributed by atoms with Crippen LogP contribution in [-0.4, -0.2) is 26.3 Å². The van der Waals surface area contributed by atoms with Gasteiger partial charge in [-0.1, -0.05) is 6.07 Å². The fourth-order valence-corrected chi connectivity index (χ4v) is 1.51. The number of aliphatic hydroxyl groups excluding tert-OH is 1. The van der Waals surface area contributed by atoms with Crippen molar-refractivity contribution in [2.45, 2.75) is 19.4 Å². The van der Waals surface area contributed by atoms with Gasteiger partial charge in [0.25, 0.3) is 0 Å². The maximum Gasteiger partial charge on any atom is 0.160 e. The first kappa shape index (κ1) is 10.1. The number of nitrogens with zero attached hydrogens (tertiary/aromatic N) is 3. The molecule has 0 fully saturated rings. The maximum atomic E-state index is 8.76. The van der Waals surface area contributed by atoms with Crippen LogP contribution in [0.15, 0.2) is 18.3 Å². The molecule has 0 aliphatic carbocycles. The van der Waals surface area contributed by atoms with Crippen LogP contribution in [0.4, 0.5) is 0 Å². The number of fused-ring (bicyclic) bond motifs is 1. The van der Waals surface area contributed by atoms with E-state index in [1.807, 2.05) is 22.7 Å². The lowest BCUT2D eigenvalue weighted by molar-refractivity contribution is 0.287. The van der Waals surface area contributed by atoms with Crippen LogP contribution in [0.5, 0.6) is 0 Å². The predicted octanol–water partition coefficient (Wildman–Crippen LogP) is 0.113. The second-order valence-electron chi connectivity index (χ2n) is 3.41. The van der Waals surface area contributed by atoms with Gasteiger partial charge in [0.15, 0.2) is 5.65 Å². The van der Waals surface area contributed by atoms with Gasteiger partial charge in [-0.15, -0.1) is 10.2 Å². The molecule has 80 valence electrons. The van der Waals surface area contributed by atoms with Crippen LogP contribution < -0.4 is 5.73 Å². The van der Waals surface area contributed by atoms with Crippen LogP contribution in [0.3, 0.4) is 0 Å². The second kappa shape index (κ2) is 4.37. The fourth-order valence-electron chi connectivity index (χ4n) is 1.51. The number of hydrogen-bond donors (Lipinski definition) is 2. The number of aryl methyl sites for hydroxylation is 1. The molecule has 0 amide bonds. The van der Waals surface area contributed by atoms with E-state index in [0.717, 1.165) is 23.5 Å². The minimum Gasteiger partial charge on any atom is -0.396 e. The van der Waals surface area contributed by atoms with E-state index in [1.54, 1.807) is 0 Å². The molecule has 0 aromatic carbocycles. The number of aliphatic hydroxyl groups is 1. The minimum absolute atomic E-state index is 0.172. The van der Waals surface area contributed by atoms with Gasteiger partial charge in [-0.3, -0.25) is 4.40 Å². The first-order chi connectivity index (χ1) is 7.35. The third-order valence-corrected chi connectivity index (χ3v) is 2.33. The van der Waals surface area contributed by atoms with Gasteiger partial charge >= 0.3 is 0 Å². The fraction of sp³-hybridized carbons (Fsp3) is 0.400. The number of aromatic nitrogens is 3. The average molecular weight is 206 g/mol. The average Bonchev–Trinajstić information content (AvgIpc) is 2.68. The molecule has 0 aliphatic rings. The molecule has 15 heavy (non-hydrogen) atoms. The summed E-state index contributed by atoms with van der Waals surface area (Å²) in [6.07, 6.45) is 3.38. The molecule has 0 spiro atoms. The highest BCUT2D eigenvalue weighted by molar-refractivity contribution is 5.39. The molecule has 0 aliphatic heterocycles. The van der Waals surface area contributed by atoms with Gasteiger partial charge in [-0.25, -0.2) is 0 Å². The second-order valence-corrected chi connectivity index (χ2v) is 3.41. The monoisotopic (exact) mass is 206 g/mol. The first-order valence-electron chi connectivity index (χ1n) is 4.98. The highest BCUT2D eigenvalue weighted by Gasteiger charge is 2.04. The van der Waals surface area contributed by atoms with Crippen LogP contribution >= 0.6 is 0 Å². The number of rotatable bonds is 4. The summed E-state index contributed by atoms with van der Waals surface area (Å²) < 4.78 is 1.93. The Hall–Kier alpha value is -1.46. The number of hydrogen-bond acceptors (Lipinski definition) is 4. The molecule has 3 N–H and O–H groups in total. The third kappa shape index (κ3) is 1.98. The lowest BCUT2D eigenvalue weighted by Gasteiger charge is -2.01. The Morgan fingerprint density at radius 2 is 2.20 bits per heavy atom. The van der Waals surface area contributed by atoms with Crippen molar-refractivity contribution in [1.82, 2.24) is 14.6 Å². The largest absolute Gasteiger partial charge is 0.396 e. The molecule has 0 atom stereocenters. The Kier molecular flexibility index (Phi) is 2.94.